The first kappa shape index (κ1) is 19.3. The van der Waals surface area contributed by atoms with E-state index in [-0.39, 0.29) is 12.4 Å². The predicted octanol–water partition coefficient (Wildman–Crippen LogP) is 0.815. The molecular weight excluding hydrogens is 356 g/mol. The van der Waals surface area contributed by atoms with E-state index in [9.17, 15) is 15.0 Å². The lowest BCUT2D eigenvalue weighted by Crippen LogP contribution is -2.45. The summed E-state index contributed by atoms with van der Waals surface area (Å²) in [6.45, 7) is 6.38. The average Bonchev–Trinajstić information content (AvgIpc) is 3.08. The zero-order valence-corrected chi connectivity index (χ0v) is 15.6. The number of aliphatic hydroxyl groups excluding tert-OH is 2. The fraction of sp³-hybridized carbons (Fsp3) is 0.588. The molecule has 1 aliphatic rings. The van der Waals surface area contributed by atoms with Crippen LogP contribution < -0.4 is 5.73 Å². The molecule has 0 spiro atoms. The molecule has 0 amide bonds. The van der Waals surface area contributed by atoms with Crippen molar-refractivity contribution in [2.75, 3.05) is 12.3 Å². The quantitative estimate of drug-likeness (QED) is 0.660. The van der Waals surface area contributed by atoms with Crippen molar-refractivity contribution in [2.45, 2.75) is 57.2 Å². The second kappa shape index (κ2) is 6.63. The van der Waals surface area contributed by atoms with Crippen LogP contribution in [0.5, 0.6) is 0 Å². The summed E-state index contributed by atoms with van der Waals surface area (Å²) in [7, 11) is 0. The van der Waals surface area contributed by atoms with Gasteiger partial charge in [0.2, 0.25) is 0 Å². The SMILES string of the molecule is CC(C)(C)OC(=O)OC[C@@]1(C)O[C@@H](c2ccc3c(N)ncnn23)[C@H](O)[C@@H]1O. The smallest absolute Gasteiger partial charge is 0.431 e. The Balaban J connectivity index is 1.78. The highest BCUT2D eigenvalue weighted by molar-refractivity contribution is 5.65. The first-order valence-electron chi connectivity index (χ1n) is 8.50. The second-order valence-electron chi connectivity index (χ2n) is 7.74. The van der Waals surface area contributed by atoms with Gasteiger partial charge in [-0.2, -0.15) is 5.10 Å². The Morgan fingerprint density at radius 1 is 1.41 bits per heavy atom. The molecule has 10 nitrogen and oxygen atoms in total. The number of aromatic nitrogens is 3. The van der Waals surface area contributed by atoms with Crippen LogP contribution in [0.4, 0.5) is 10.6 Å². The molecule has 0 unspecified atom stereocenters. The minimum atomic E-state index is -1.33. The lowest BCUT2D eigenvalue weighted by atomic mass is 9.97. The number of anilines is 1. The van der Waals surface area contributed by atoms with Gasteiger partial charge in [0.25, 0.3) is 0 Å². The zero-order chi connectivity index (χ0) is 20.0. The molecular formula is C17H24N4O6. The molecule has 2 aromatic rings. The van der Waals surface area contributed by atoms with Gasteiger partial charge in [-0.05, 0) is 39.8 Å². The first-order chi connectivity index (χ1) is 12.5. The van der Waals surface area contributed by atoms with Gasteiger partial charge in [0.15, 0.2) is 5.82 Å². The van der Waals surface area contributed by atoms with E-state index in [0.717, 1.165) is 0 Å². The van der Waals surface area contributed by atoms with Crippen molar-refractivity contribution in [3.05, 3.63) is 24.2 Å². The molecule has 4 N–H and O–H groups in total. The Morgan fingerprint density at radius 2 is 2.11 bits per heavy atom. The van der Waals surface area contributed by atoms with Gasteiger partial charge in [-0.1, -0.05) is 0 Å². The Labute approximate surface area is 155 Å². The molecule has 0 saturated carbocycles. The topological polar surface area (TPSA) is 141 Å². The van der Waals surface area contributed by atoms with Gasteiger partial charge in [-0.15, -0.1) is 0 Å². The van der Waals surface area contributed by atoms with E-state index in [0.29, 0.717) is 11.2 Å². The van der Waals surface area contributed by atoms with Crippen LogP contribution in [0.15, 0.2) is 18.5 Å². The molecule has 2 aromatic heterocycles. The van der Waals surface area contributed by atoms with E-state index >= 15 is 0 Å². The summed E-state index contributed by atoms with van der Waals surface area (Å²) in [5.41, 5.74) is 4.82. The minimum absolute atomic E-state index is 0.278. The van der Waals surface area contributed by atoms with Gasteiger partial charge in [-0.3, -0.25) is 0 Å². The van der Waals surface area contributed by atoms with Crippen LogP contribution in [0.2, 0.25) is 0 Å². The van der Waals surface area contributed by atoms with Crippen molar-refractivity contribution in [2.24, 2.45) is 0 Å². The van der Waals surface area contributed by atoms with Gasteiger partial charge in [-0.25, -0.2) is 14.3 Å². The number of nitrogen functional groups attached to an aromatic ring is 1. The van der Waals surface area contributed by atoms with E-state index in [4.69, 9.17) is 19.9 Å². The van der Waals surface area contributed by atoms with Crippen LogP contribution in [-0.2, 0) is 14.2 Å². The van der Waals surface area contributed by atoms with E-state index in [1.165, 1.54) is 10.8 Å². The maximum atomic E-state index is 11.8. The third-order valence-electron chi connectivity index (χ3n) is 4.32. The molecule has 3 rings (SSSR count). The average molecular weight is 380 g/mol. The van der Waals surface area contributed by atoms with E-state index in [2.05, 4.69) is 10.1 Å². The molecule has 0 bridgehead atoms. The van der Waals surface area contributed by atoms with Crippen molar-refractivity contribution >= 4 is 17.5 Å². The molecule has 1 aliphatic heterocycles. The van der Waals surface area contributed by atoms with E-state index in [1.807, 2.05) is 0 Å². The molecule has 1 fully saturated rings. The summed E-state index contributed by atoms with van der Waals surface area (Å²) in [5, 5.41) is 25.1. The monoisotopic (exact) mass is 380 g/mol. The largest absolute Gasteiger partial charge is 0.508 e. The molecule has 0 aromatic carbocycles. The number of nitrogens with zero attached hydrogens (tertiary/aromatic N) is 3. The van der Waals surface area contributed by atoms with E-state index in [1.54, 1.807) is 39.8 Å². The molecule has 0 aliphatic carbocycles. The summed E-state index contributed by atoms with van der Waals surface area (Å²) >= 11 is 0. The number of nitrogens with two attached hydrogens (primary N) is 1. The second-order valence-corrected chi connectivity index (χ2v) is 7.74. The molecule has 1 saturated heterocycles. The molecule has 4 atom stereocenters. The normalized spacial score (nSPS) is 28.4. The predicted molar refractivity (Wildman–Crippen MR) is 93.8 cm³/mol. The van der Waals surface area contributed by atoms with Gasteiger partial charge >= 0.3 is 6.16 Å². The fourth-order valence-corrected chi connectivity index (χ4v) is 2.98. The van der Waals surface area contributed by atoms with Crippen LogP contribution in [0.3, 0.4) is 0 Å². The van der Waals surface area contributed by atoms with Gasteiger partial charge in [0.05, 0.1) is 5.69 Å². The zero-order valence-electron chi connectivity index (χ0n) is 15.6. The summed E-state index contributed by atoms with van der Waals surface area (Å²) in [6, 6.07) is 3.38. The Kier molecular flexibility index (Phi) is 4.74. The highest BCUT2D eigenvalue weighted by Crippen LogP contribution is 2.40. The highest BCUT2D eigenvalue weighted by Gasteiger charge is 2.53. The van der Waals surface area contributed by atoms with Crippen molar-refractivity contribution in [3.8, 4) is 0 Å². The van der Waals surface area contributed by atoms with Crippen molar-refractivity contribution in [1.29, 1.82) is 0 Å². The minimum Gasteiger partial charge on any atom is -0.431 e. The Bertz CT molecular complexity index is 848. The first-order valence-corrected chi connectivity index (χ1v) is 8.50. The number of carbonyl (C=O) groups excluding carboxylic acids is 1. The van der Waals surface area contributed by atoms with Crippen LogP contribution in [-0.4, -0.2) is 61.0 Å². The van der Waals surface area contributed by atoms with Crippen LogP contribution in [0.1, 0.15) is 39.5 Å². The van der Waals surface area contributed by atoms with Crippen molar-refractivity contribution in [3.63, 3.8) is 0 Å². The number of carbonyl (C=O) groups is 1. The number of ether oxygens (including phenoxy) is 3. The Hall–Kier alpha value is -2.43. The number of hydrogen-bond donors (Lipinski definition) is 3. The maximum Gasteiger partial charge on any atom is 0.508 e. The lowest BCUT2D eigenvalue weighted by molar-refractivity contribution is -0.114. The van der Waals surface area contributed by atoms with Crippen molar-refractivity contribution in [1.82, 2.24) is 14.6 Å². The molecule has 3 heterocycles. The lowest BCUT2D eigenvalue weighted by Gasteiger charge is -2.27. The van der Waals surface area contributed by atoms with Crippen LogP contribution in [0, 0.1) is 0 Å². The molecule has 148 valence electrons. The van der Waals surface area contributed by atoms with Gasteiger partial charge in [0.1, 0.15) is 48.0 Å². The summed E-state index contributed by atoms with van der Waals surface area (Å²) < 4.78 is 17.5. The van der Waals surface area contributed by atoms with Crippen LogP contribution >= 0.6 is 0 Å². The highest BCUT2D eigenvalue weighted by atomic mass is 16.7. The molecule has 10 heteroatoms. The van der Waals surface area contributed by atoms with Gasteiger partial charge in [0, 0.05) is 0 Å². The number of fused-ring (bicyclic) bond motifs is 1. The third kappa shape index (κ3) is 3.68. The van der Waals surface area contributed by atoms with E-state index < -0.39 is 35.7 Å². The molecule has 0 radical (unpaired) electrons. The standard InChI is InChI=1S/C17H24N4O6/c1-16(2,3)27-15(24)25-7-17(4)13(23)11(22)12(26-17)9-5-6-10-14(18)19-8-20-21(9)10/h5-6,8,11-13,22-23H,7H2,1-4H3,(H2,18,19,20)/t11-,12-,13-,17+/m0/s1. The summed E-state index contributed by atoms with van der Waals surface area (Å²) in [5.74, 6) is 0.278. The van der Waals surface area contributed by atoms with Crippen LogP contribution in [0.25, 0.3) is 5.52 Å². The third-order valence-corrected chi connectivity index (χ3v) is 4.32. The number of hydrogen-bond acceptors (Lipinski definition) is 9. The number of aliphatic hydroxyl groups is 2. The maximum absolute atomic E-state index is 11.8. The molecule has 27 heavy (non-hydrogen) atoms. The van der Waals surface area contributed by atoms with Gasteiger partial charge < -0.3 is 30.2 Å². The van der Waals surface area contributed by atoms with Crippen molar-refractivity contribution < 1.29 is 29.2 Å². The Morgan fingerprint density at radius 3 is 2.78 bits per heavy atom. The number of rotatable bonds is 3. The summed E-state index contributed by atoms with van der Waals surface area (Å²) in [4.78, 5) is 15.7. The fourth-order valence-electron chi connectivity index (χ4n) is 2.98. The summed E-state index contributed by atoms with van der Waals surface area (Å²) in [6.07, 6.45) is -3.05.